The van der Waals surface area contributed by atoms with Crippen LogP contribution in [0.5, 0.6) is 0 Å². The van der Waals surface area contributed by atoms with Crippen molar-refractivity contribution in [2.45, 2.75) is 0 Å². The average Bonchev–Trinajstić information content (AvgIpc) is 2.85. The van der Waals surface area contributed by atoms with Crippen LogP contribution < -0.4 is 0 Å². The molecule has 0 saturated heterocycles. The first-order chi connectivity index (χ1) is 14.9. The SMILES string of the molecule is [Cl][Ge].[Cl][Ge].c1ccc([N-]c2ccccn2)nc1.c1ccc([N-]c2ccccn2)nc1. The summed E-state index contributed by atoms with van der Waals surface area (Å²) in [4.78, 5) is 16.3. The van der Waals surface area contributed by atoms with Crippen molar-refractivity contribution < 1.29 is 0 Å². The largest absolute Gasteiger partial charge is 0.369 e. The normalized spacial score (nSPS) is 8.67. The molecule has 0 unspecified atom stereocenters. The molecule has 0 aliphatic heterocycles. The van der Waals surface area contributed by atoms with Gasteiger partial charge in [-0.25, -0.2) is 0 Å². The molecule has 4 aromatic rings. The molecular weight excluding hydrogens is 540 g/mol. The molecule has 30 heavy (non-hydrogen) atoms. The van der Waals surface area contributed by atoms with Crippen molar-refractivity contribution in [1.82, 2.24) is 19.9 Å². The summed E-state index contributed by atoms with van der Waals surface area (Å²) in [5.41, 5.74) is 0. The van der Waals surface area contributed by atoms with E-state index in [4.69, 9.17) is 0 Å². The van der Waals surface area contributed by atoms with E-state index in [9.17, 15) is 0 Å². The second-order valence-corrected chi connectivity index (χ2v) is 4.98. The van der Waals surface area contributed by atoms with Crippen LogP contribution in [-0.2, 0) is 0 Å². The van der Waals surface area contributed by atoms with E-state index in [1.165, 1.54) is 31.2 Å². The van der Waals surface area contributed by atoms with E-state index in [1.807, 2.05) is 72.8 Å². The van der Waals surface area contributed by atoms with Crippen LogP contribution in [0.15, 0.2) is 97.6 Å². The quantitative estimate of drug-likeness (QED) is 0.279. The molecule has 0 bridgehead atoms. The molecule has 4 aromatic heterocycles. The number of hydrogen-bond donors (Lipinski definition) is 0. The van der Waals surface area contributed by atoms with Gasteiger partial charge in [0.2, 0.25) is 0 Å². The number of pyridine rings is 4. The van der Waals surface area contributed by atoms with Gasteiger partial charge in [-0.05, 0) is 49.1 Å². The molecule has 10 heteroatoms. The smallest absolute Gasteiger partial charge is 0.00952 e. The van der Waals surface area contributed by atoms with Crippen LogP contribution in [0.4, 0.5) is 23.3 Å². The van der Waals surface area contributed by atoms with E-state index in [0.29, 0.717) is 23.3 Å². The van der Waals surface area contributed by atoms with E-state index in [1.54, 1.807) is 24.8 Å². The van der Waals surface area contributed by atoms with Gasteiger partial charge < -0.3 is 30.6 Å². The van der Waals surface area contributed by atoms with Crippen molar-refractivity contribution in [2.75, 3.05) is 0 Å². The van der Waals surface area contributed by atoms with E-state index in [-0.39, 0.29) is 0 Å². The molecule has 0 spiro atoms. The molecule has 0 aliphatic rings. The van der Waals surface area contributed by atoms with Gasteiger partial charge in [-0.1, -0.05) is 48.5 Å². The maximum atomic E-state index is 4.64. The minimum Gasteiger partial charge on any atom is -0.369 e. The summed E-state index contributed by atoms with van der Waals surface area (Å²) in [6.45, 7) is 0. The third kappa shape index (κ3) is 11.2. The summed E-state index contributed by atoms with van der Waals surface area (Å²) in [5, 5.41) is 8.44. The average molecular weight is 557 g/mol. The Balaban J connectivity index is 0.000000258. The van der Waals surface area contributed by atoms with Gasteiger partial charge in [-0.3, -0.25) is 0 Å². The molecular formula is C20H16Cl2Ge2N6-2. The second-order valence-electron chi connectivity index (χ2n) is 4.98. The molecule has 6 radical (unpaired) electrons. The number of halogens is 2. The van der Waals surface area contributed by atoms with E-state index >= 15 is 0 Å². The van der Waals surface area contributed by atoms with Crippen LogP contribution in [0, 0.1) is 0 Å². The fourth-order valence-electron chi connectivity index (χ4n) is 1.91. The van der Waals surface area contributed by atoms with Crippen LogP contribution in [-0.4, -0.2) is 51.1 Å². The summed E-state index contributed by atoms with van der Waals surface area (Å²) in [5.74, 6) is 2.73. The van der Waals surface area contributed by atoms with Gasteiger partial charge in [0, 0.05) is 23.3 Å². The van der Waals surface area contributed by atoms with Crippen LogP contribution in [0.2, 0.25) is 0 Å². The first-order valence-electron chi connectivity index (χ1n) is 8.35. The van der Waals surface area contributed by atoms with Crippen molar-refractivity contribution >= 4 is 74.5 Å². The number of aromatic nitrogens is 4. The van der Waals surface area contributed by atoms with E-state index in [2.05, 4.69) is 50.6 Å². The monoisotopic (exact) mass is 558 g/mol. The first kappa shape index (κ1) is 25.9. The molecule has 0 atom stereocenters. The van der Waals surface area contributed by atoms with Crippen LogP contribution >= 0.6 is 20.0 Å². The predicted octanol–water partition coefficient (Wildman–Crippen LogP) is 6.24. The summed E-state index contributed by atoms with van der Waals surface area (Å²) < 4.78 is 0. The Morgan fingerprint density at radius 2 is 0.667 bits per heavy atom. The molecule has 0 saturated carbocycles. The Morgan fingerprint density at radius 3 is 0.833 bits per heavy atom. The first-order valence-corrected chi connectivity index (χ1v) is 13.9. The maximum Gasteiger partial charge on any atom is 0.00952 e. The summed E-state index contributed by atoms with van der Waals surface area (Å²) in [7, 11) is 9.28. The minimum atomic E-state index is 0.682. The summed E-state index contributed by atoms with van der Waals surface area (Å²) in [6, 6.07) is 22.4. The molecule has 4 rings (SSSR count). The van der Waals surface area contributed by atoms with Gasteiger partial charge in [-0.15, -0.1) is 0 Å². The minimum absolute atomic E-state index is 0.682. The third-order valence-corrected chi connectivity index (χ3v) is 3.06. The molecule has 0 fully saturated rings. The Labute approximate surface area is 201 Å². The van der Waals surface area contributed by atoms with Gasteiger partial charge in [0.25, 0.3) is 0 Å². The fourth-order valence-corrected chi connectivity index (χ4v) is 1.91. The Hall–Kier alpha value is -2.13. The topological polar surface area (TPSA) is 79.8 Å². The zero-order chi connectivity index (χ0) is 21.9. The molecule has 150 valence electrons. The van der Waals surface area contributed by atoms with Crippen molar-refractivity contribution in [3.8, 4) is 0 Å². The number of rotatable bonds is 4. The van der Waals surface area contributed by atoms with Gasteiger partial charge in [0.1, 0.15) is 0 Å². The molecule has 0 N–H and O–H groups in total. The van der Waals surface area contributed by atoms with Gasteiger partial charge in [-0.2, -0.15) is 0 Å². The van der Waals surface area contributed by atoms with Crippen molar-refractivity contribution in [2.24, 2.45) is 0 Å². The second kappa shape index (κ2) is 17.7. The van der Waals surface area contributed by atoms with E-state index < -0.39 is 0 Å². The Morgan fingerprint density at radius 1 is 0.433 bits per heavy atom. The summed E-state index contributed by atoms with van der Waals surface area (Å²) >= 11 is 2.94. The van der Waals surface area contributed by atoms with E-state index in [0.717, 1.165) is 0 Å². The maximum absolute atomic E-state index is 4.64. The van der Waals surface area contributed by atoms with Crippen molar-refractivity contribution in [3.05, 3.63) is 108 Å². The molecule has 6 nitrogen and oxygen atoms in total. The fraction of sp³-hybridized carbons (Fsp3) is 0. The zero-order valence-electron chi connectivity index (χ0n) is 15.7. The molecule has 0 aliphatic carbocycles. The molecule has 4 heterocycles. The Kier molecular flexibility index (Phi) is 15.3. The van der Waals surface area contributed by atoms with Gasteiger partial charge in [0.05, 0.1) is 0 Å². The zero-order valence-corrected chi connectivity index (χ0v) is 21.4. The molecule has 0 aromatic carbocycles. The van der Waals surface area contributed by atoms with Crippen molar-refractivity contribution in [3.63, 3.8) is 0 Å². The molecule has 0 amide bonds. The third-order valence-electron chi connectivity index (χ3n) is 3.06. The standard InChI is InChI=1S/2C10H8N3.2ClGe/c2*1-3-7-11-9(5-1)13-10-6-2-4-8-12-10;2*1-2/h2*1-8H;;/q2*-1;;. The van der Waals surface area contributed by atoms with Gasteiger partial charge in [0.15, 0.2) is 0 Å². The number of hydrogen-bond acceptors (Lipinski definition) is 4. The Bertz CT molecular complexity index is 740. The van der Waals surface area contributed by atoms with Crippen LogP contribution in [0.25, 0.3) is 10.6 Å². The van der Waals surface area contributed by atoms with Crippen molar-refractivity contribution in [1.29, 1.82) is 0 Å². The van der Waals surface area contributed by atoms with Crippen LogP contribution in [0.1, 0.15) is 0 Å². The number of nitrogens with zero attached hydrogens (tertiary/aromatic N) is 6. The van der Waals surface area contributed by atoms with Crippen LogP contribution in [0.3, 0.4) is 0 Å². The predicted molar refractivity (Wildman–Crippen MR) is 126 cm³/mol. The van der Waals surface area contributed by atoms with Gasteiger partial charge >= 0.3 is 51.2 Å². The summed E-state index contributed by atoms with van der Waals surface area (Å²) in [6.07, 6.45) is 6.84.